The Labute approximate surface area is 128 Å². The maximum Gasteiger partial charge on any atom is 0.246 e. The normalized spacial score (nSPS) is 13.3. The van der Waals surface area contributed by atoms with Gasteiger partial charge in [0.1, 0.15) is 10.8 Å². The highest BCUT2D eigenvalue weighted by atomic mass is 32.2. The van der Waals surface area contributed by atoms with Crippen molar-refractivity contribution in [2.45, 2.75) is 17.7 Å². The molecule has 1 atom stereocenters. The van der Waals surface area contributed by atoms with Crippen LogP contribution in [0.5, 0.6) is 0 Å². The largest absolute Gasteiger partial charge is 0.269 e. The van der Waals surface area contributed by atoms with Crippen LogP contribution in [-0.4, -0.2) is 36.6 Å². The first-order valence-electron chi connectivity index (χ1n) is 6.19. The van der Waals surface area contributed by atoms with Crippen LogP contribution in [0.1, 0.15) is 22.2 Å². The molecule has 0 aliphatic rings. The molecule has 2 heterocycles. The van der Waals surface area contributed by atoms with Crippen molar-refractivity contribution in [3.63, 3.8) is 0 Å². The number of hydrogen-bond donors (Lipinski definition) is 0. The summed E-state index contributed by atoms with van der Waals surface area (Å²) in [6.07, 6.45) is 0. The van der Waals surface area contributed by atoms with Crippen LogP contribution in [0.2, 0.25) is 0 Å². The predicted molar refractivity (Wildman–Crippen MR) is 80.6 cm³/mol. The Kier molecular flexibility index (Phi) is 4.18. The molecular weight excluding hydrogens is 308 g/mol. The molecule has 0 aliphatic heterocycles. The fourth-order valence-corrected chi connectivity index (χ4v) is 4.26. The predicted octanol–water partition coefficient (Wildman–Crippen LogP) is 1.70. The van der Waals surface area contributed by atoms with E-state index in [4.69, 9.17) is 0 Å². The van der Waals surface area contributed by atoms with Gasteiger partial charge in [-0.1, -0.05) is 6.07 Å². The van der Waals surface area contributed by atoms with E-state index in [1.165, 1.54) is 30.1 Å². The molecule has 21 heavy (non-hydrogen) atoms. The Morgan fingerprint density at radius 1 is 1.48 bits per heavy atom. The lowest BCUT2D eigenvalue weighted by Gasteiger charge is -2.15. The molecule has 0 saturated carbocycles. The quantitative estimate of drug-likeness (QED) is 0.857. The molecule has 2 rings (SSSR count). The number of nitrogens with zero attached hydrogens (tertiary/aromatic N) is 4. The van der Waals surface area contributed by atoms with Gasteiger partial charge in [-0.25, -0.2) is 12.7 Å². The molecule has 0 amide bonds. The van der Waals surface area contributed by atoms with Gasteiger partial charge in [0.25, 0.3) is 0 Å². The number of aromatic nitrogens is 2. The second-order valence-electron chi connectivity index (χ2n) is 4.79. The van der Waals surface area contributed by atoms with Crippen molar-refractivity contribution < 1.29 is 8.42 Å². The van der Waals surface area contributed by atoms with Gasteiger partial charge >= 0.3 is 0 Å². The molecule has 0 N–H and O–H groups in total. The van der Waals surface area contributed by atoms with Crippen LogP contribution in [0.4, 0.5) is 0 Å². The van der Waals surface area contributed by atoms with Crippen LogP contribution >= 0.6 is 11.3 Å². The number of thiophene rings is 1. The molecular formula is C13H16N4O2S2. The highest BCUT2D eigenvalue weighted by Crippen LogP contribution is 2.34. The average Bonchev–Trinajstić information content (AvgIpc) is 3.00. The van der Waals surface area contributed by atoms with Gasteiger partial charge < -0.3 is 0 Å². The lowest BCUT2D eigenvalue weighted by atomic mass is 10.1. The summed E-state index contributed by atoms with van der Waals surface area (Å²) < 4.78 is 27.7. The van der Waals surface area contributed by atoms with E-state index < -0.39 is 15.9 Å². The summed E-state index contributed by atoms with van der Waals surface area (Å²) in [5.74, 6) is -0.652. The second kappa shape index (κ2) is 5.60. The van der Waals surface area contributed by atoms with Gasteiger partial charge in [0.2, 0.25) is 10.0 Å². The molecule has 2 aromatic rings. The third-order valence-electron chi connectivity index (χ3n) is 3.18. The molecule has 6 nitrogen and oxygen atoms in total. The fourth-order valence-electron chi connectivity index (χ4n) is 2.19. The third kappa shape index (κ3) is 2.60. The summed E-state index contributed by atoms with van der Waals surface area (Å²) in [6, 6.07) is 5.86. The first-order valence-corrected chi connectivity index (χ1v) is 8.51. The van der Waals surface area contributed by atoms with Gasteiger partial charge in [0, 0.05) is 26.0 Å². The minimum atomic E-state index is -3.66. The summed E-state index contributed by atoms with van der Waals surface area (Å²) in [7, 11) is 0.942. The SMILES string of the molecule is Cc1nn(C)c(C(C#N)c2cccs2)c1S(=O)(=O)N(C)C. The molecule has 0 fully saturated rings. The van der Waals surface area contributed by atoms with E-state index in [1.54, 1.807) is 14.0 Å². The zero-order valence-corrected chi connectivity index (χ0v) is 13.9. The lowest BCUT2D eigenvalue weighted by molar-refractivity contribution is 0.518. The smallest absolute Gasteiger partial charge is 0.246 e. The number of sulfonamides is 1. The van der Waals surface area contributed by atoms with Crippen molar-refractivity contribution in [1.82, 2.24) is 14.1 Å². The van der Waals surface area contributed by atoms with Gasteiger partial charge in [0.05, 0.1) is 17.5 Å². The number of nitriles is 1. The molecule has 0 bridgehead atoms. The van der Waals surface area contributed by atoms with Gasteiger partial charge in [-0.05, 0) is 18.4 Å². The Morgan fingerprint density at radius 2 is 2.14 bits per heavy atom. The van der Waals surface area contributed by atoms with Crippen LogP contribution in [0.3, 0.4) is 0 Å². The fraction of sp³-hybridized carbons (Fsp3) is 0.385. The van der Waals surface area contributed by atoms with Gasteiger partial charge in [-0.15, -0.1) is 11.3 Å². The summed E-state index contributed by atoms with van der Waals surface area (Å²) in [5, 5.41) is 15.6. The molecule has 112 valence electrons. The number of rotatable bonds is 4. The van der Waals surface area contributed by atoms with Crippen LogP contribution < -0.4 is 0 Å². The molecule has 0 aromatic carbocycles. The highest BCUT2D eigenvalue weighted by Gasteiger charge is 2.33. The van der Waals surface area contributed by atoms with E-state index in [0.717, 1.165) is 9.18 Å². The van der Waals surface area contributed by atoms with Crippen molar-refractivity contribution in [3.8, 4) is 6.07 Å². The molecule has 1 unspecified atom stereocenters. The molecule has 2 aromatic heterocycles. The van der Waals surface area contributed by atoms with Crippen LogP contribution in [0, 0.1) is 18.3 Å². The van der Waals surface area contributed by atoms with E-state index in [-0.39, 0.29) is 4.90 Å². The van der Waals surface area contributed by atoms with Gasteiger partial charge in [-0.3, -0.25) is 4.68 Å². The zero-order chi connectivity index (χ0) is 15.8. The van der Waals surface area contributed by atoms with Crippen molar-refractivity contribution in [2.24, 2.45) is 7.05 Å². The molecule has 8 heteroatoms. The Morgan fingerprint density at radius 3 is 2.62 bits per heavy atom. The summed E-state index contributed by atoms with van der Waals surface area (Å²) in [6.45, 7) is 1.64. The number of hydrogen-bond acceptors (Lipinski definition) is 5. The summed E-state index contributed by atoms with van der Waals surface area (Å²) >= 11 is 1.42. The van der Waals surface area contributed by atoms with Crippen molar-refractivity contribution in [1.29, 1.82) is 5.26 Å². The number of aryl methyl sites for hydroxylation is 2. The summed E-state index contributed by atoms with van der Waals surface area (Å²) in [4.78, 5) is 0.922. The van der Waals surface area contributed by atoms with Gasteiger partial charge in [0.15, 0.2) is 0 Å². The monoisotopic (exact) mass is 324 g/mol. The molecule has 0 radical (unpaired) electrons. The van der Waals surface area contributed by atoms with Crippen molar-refractivity contribution >= 4 is 21.4 Å². The van der Waals surface area contributed by atoms with E-state index in [9.17, 15) is 13.7 Å². The van der Waals surface area contributed by atoms with E-state index in [1.807, 2.05) is 17.5 Å². The minimum absolute atomic E-state index is 0.120. The standard InChI is InChI=1S/C13H16N4O2S2/c1-9-13(21(18,19)16(2)3)12(17(4)15-9)10(8-14)11-6-5-7-20-11/h5-7,10H,1-4H3. The van der Waals surface area contributed by atoms with E-state index in [0.29, 0.717) is 11.4 Å². The maximum absolute atomic E-state index is 12.5. The highest BCUT2D eigenvalue weighted by molar-refractivity contribution is 7.89. The Bertz CT molecular complexity index is 783. The second-order valence-corrected chi connectivity index (χ2v) is 7.86. The minimum Gasteiger partial charge on any atom is -0.269 e. The third-order valence-corrected chi connectivity index (χ3v) is 6.10. The van der Waals surface area contributed by atoms with Crippen LogP contribution in [0.25, 0.3) is 0 Å². The maximum atomic E-state index is 12.5. The first-order chi connectivity index (χ1) is 9.80. The molecule has 0 spiro atoms. The van der Waals surface area contributed by atoms with Crippen molar-refractivity contribution in [2.75, 3.05) is 14.1 Å². The lowest BCUT2D eigenvalue weighted by Crippen LogP contribution is -2.24. The first kappa shape index (κ1) is 15.7. The molecule has 0 saturated heterocycles. The van der Waals surface area contributed by atoms with Crippen molar-refractivity contribution in [3.05, 3.63) is 33.8 Å². The Hall–Kier alpha value is -1.69. The van der Waals surface area contributed by atoms with E-state index >= 15 is 0 Å². The van der Waals surface area contributed by atoms with Crippen LogP contribution in [0.15, 0.2) is 22.4 Å². The Balaban J connectivity index is 2.74. The van der Waals surface area contributed by atoms with Crippen LogP contribution in [-0.2, 0) is 17.1 Å². The van der Waals surface area contributed by atoms with Gasteiger partial charge in [-0.2, -0.15) is 10.4 Å². The molecule has 0 aliphatic carbocycles. The van der Waals surface area contributed by atoms with E-state index in [2.05, 4.69) is 11.2 Å². The topological polar surface area (TPSA) is 79.0 Å². The zero-order valence-electron chi connectivity index (χ0n) is 12.2. The average molecular weight is 324 g/mol. The summed E-state index contributed by atoms with van der Waals surface area (Å²) in [5.41, 5.74) is 0.809.